The molecule has 1 aromatic carbocycles. The number of hydrogen-bond donors (Lipinski definition) is 4. The lowest BCUT2D eigenvalue weighted by molar-refractivity contribution is 0.0492. The van der Waals surface area contributed by atoms with Crippen LogP contribution in [0.1, 0.15) is 46.5 Å². The van der Waals surface area contributed by atoms with Crippen LogP contribution in [0.25, 0.3) is 11.1 Å². The molecule has 0 amide bonds. The number of nitrogen functional groups attached to an aromatic ring is 1. The Labute approximate surface area is 153 Å². The molecule has 1 aromatic heterocycles. The molecule has 5 N–H and O–H groups in total. The van der Waals surface area contributed by atoms with Gasteiger partial charge >= 0.3 is 11.9 Å². The number of halogens is 1. The zero-order chi connectivity index (χ0) is 20.3. The van der Waals surface area contributed by atoms with Crippen molar-refractivity contribution in [3.63, 3.8) is 0 Å². The van der Waals surface area contributed by atoms with Crippen molar-refractivity contribution < 1.29 is 28.9 Å². The number of hydrogen-bond acceptors (Lipinski definition) is 5. The van der Waals surface area contributed by atoms with Crippen LogP contribution in [0.3, 0.4) is 0 Å². The third kappa shape index (κ3) is 4.14. The number of nitrogens with one attached hydrogen (secondary N) is 1. The average molecular weight is 378 g/mol. The van der Waals surface area contributed by atoms with Gasteiger partial charge in [0.05, 0.1) is 12.7 Å². The van der Waals surface area contributed by atoms with E-state index in [-0.39, 0.29) is 23.8 Å². The molecule has 2 aromatic rings. The van der Waals surface area contributed by atoms with Crippen molar-refractivity contribution in [3.8, 4) is 11.1 Å². The maximum atomic E-state index is 14.5. The molecule has 0 aliphatic rings. The molecule has 9 heteroatoms. The highest BCUT2D eigenvalue weighted by molar-refractivity contribution is 6.07. The minimum atomic E-state index is -1.65. The Balaban J connectivity index is 2.64. The summed E-state index contributed by atoms with van der Waals surface area (Å²) in [5.74, 6) is -4.44. The molecule has 0 saturated heterocycles. The number of rotatable bonds is 7. The fourth-order valence-electron chi connectivity index (χ4n) is 2.51. The number of aromatic amines is 1. The van der Waals surface area contributed by atoms with E-state index in [0.717, 1.165) is 12.5 Å². The van der Waals surface area contributed by atoms with Crippen LogP contribution in [0.4, 0.5) is 10.2 Å². The minimum absolute atomic E-state index is 0.00376. The van der Waals surface area contributed by atoms with Gasteiger partial charge in [0.25, 0.3) is 5.56 Å². The highest BCUT2D eigenvalue weighted by Crippen LogP contribution is 2.30. The molecular weight excluding hydrogens is 359 g/mol. The van der Waals surface area contributed by atoms with E-state index in [1.54, 1.807) is 0 Å². The van der Waals surface area contributed by atoms with Gasteiger partial charge in [0.1, 0.15) is 22.8 Å². The monoisotopic (exact) mass is 378 g/mol. The number of ether oxygens (including phenoxy) is 1. The van der Waals surface area contributed by atoms with Crippen molar-refractivity contribution in [2.24, 2.45) is 0 Å². The Kier molecular flexibility index (Phi) is 5.96. The first-order chi connectivity index (χ1) is 12.7. The number of carboxylic acids is 2. The number of pyridine rings is 1. The van der Waals surface area contributed by atoms with Gasteiger partial charge in [-0.1, -0.05) is 19.1 Å². The second-order valence-corrected chi connectivity index (χ2v) is 5.94. The third-order valence-corrected chi connectivity index (χ3v) is 4.11. The van der Waals surface area contributed by atoms with Gasteiger partial charge in [-0.2, -0.15) is 0 Å². The molecule has 1 unspecified atom stereocenters. The normalized spacial score (nSPS) is 12.0. The summed E-state index contributed by atoms with van der Waals surface area (Å²) < 4.78 is 19.9. The van der Waals surface area contributed by atoms with E-state index in [1.165, 1.54) is 12.1 Å². The Morgan fingerprint density at radius 1 is 1.26 bits per heavy atom. The molecule has 2 rings (SSSR count). The first kappa shape index (κ1) is 20.1. The van der Waals surface area contributed by atoms with Gasteiger partial charge in [0, 0.05) is 11.1 Å². The van der Waals surface area contributed by atoms with Crippen LogP contribution < -0.4 is 11.3 Å². The fourth-order valence-corrected chi connectivity index (χ4v) is 2.51. The summed E-state index contributed by atoms with van der Waals surface area (Å²) in [4.78, 5) is 37.0. The molecule has 0 aliphatic heterocycles. The van der Waals surface area contributed by atoms with Crippen LogP contribution in [0.15, 0.2) is 23.0 Å². The highest BCUT2D eigenvalue weighted by atomic mass is 19.1. The molecule has 0 saturated carbocycles. The maximum absolute atomic E-state index is 14.5. The van der Waals surface area contributed by atoms with Crippen LogP contribution in [0.2, 0.25) is 0 Å². The summed E-state index contributed by atoms with van der Waals surface area (Å²) in [5, 5.41) is 18.7. The van der Waals surface area contributed by atoms with Crippen LogP contribution in [-0.4, -0.2) is 33.2 Å². The molecular formula is C18H19FN2O6. The summed E-state index contributed by atoms with van der Waals surface area (Å²) in [7, 11) is 0. The molecule has 144 valence electrons. The maximum Gasteiger partial charge on any atom is 0.342 e. The standard InChI is InChI=1S/C18H19FN2O6/c1-3-8(2)27-7-10-5-4-9(6-11(10)19)12-13(17(23)24)15(20)21-16(22)14(12)18(25)26/h4-6,8H,3,7H2,1-2H3,(H,23,24)(H,25,26)(H3,20,21,22). The molecule has 1 atom stereocenters. The first-order valence-electron chi connectivity index (χ1n) is 8.10. The summed E-state index contributed by atoms with van der Waals surface area (Å²) in [6, 6.07) is 3.63. The van der Waals surface area contributed by atoms with E-state index < -0.39 is 45.8 Å². The van der Waals surface area contributed by atoms with Crippen LogP contribution >= 0.6 is 0 Å². The van der Waals surface area contributed by atoms with Gasteiger partial charge in [-0.3, -0.25) is 4.79 Å². The van der Waals surface area contributed by atoms with E-state index >= 15 is 0 Å². The molecule has 27 heavy (non-hydrogen) atoms. The number of H-pyrrole nitrogens is 1. The minimum Gasteiger partial charge on any atom is -0.478 e. The van der Waals surface area contributed by atoms with E-state index in [0.29, 0.717) is 0 Å². The molecule has 0 spiro atoms. The van der Waals surface area contributed by atoms with Crippen molar-refractivity contribution in [3.05, 3.63) is 51.1 Å². The summed E-state index contributed by atoms with van der Waals surface area (Å²) >= 11 is 0. The lowest BCUT2D eigenvalue weighted by atomic mass is 9.94. The quantitative estimate of drug-likeness (QED) is 0.579. The van der Waals surface area contributed by atoms with Crippen molar-refractivity contribution in [1.29, 1.82) is 0 Å². The number of nitrogens with two attached hydrogens (primary N) is 1. The lowest BCUT2D eigenvalue weighted by Crippen LogP contribution is -2.24. The number of anilines is 1. The zero-order valence-corrected chi connectivity index (χ0v) is 14.7. The van der Waals surface area contributed by atoms with Gasteiger partial charge in [-0.05, 0) is 25.0 Å². The molecule has 0 radical (unpaired) electrons. The summed E-state index contributed by atoms with van der Waals surface area (Å²) in [6.07, 6.45) is 0.671. The van der Waals surface area contributed by atoms with Crippen LogP contribution in [0, 0.1) is 5.82 Å². The molecule has 0 bridgehead atoms. The Morgan fingerprint density at radius 2 is 1.89 bits per heavy atom. The second-order valence-electron chi connectivity index (χ2n) is 5.94. The van der Waals surface area contributed by atoms with Gasteiger partial charge in [-0.25, -0.2) is 14.0 Å². The number of aromatic nitrogens is 1. The van der Waals surface area contributed by atoms with Gasteiger partial charge < -0.3 is 25.7 Å². The SMILES string of the molecule is CCC(C)OCc1ccc(-c2c(C(=O)O)c(N)[nH]c(=O)c2C(=O)O)cc1F. The van der Waals surface area contributed by atoms with E-state index in [9.17, 15) is 29.0 Å². The molecule has 0 aliphatic carbocycles. The van der Waals surface area contributed by atoms with Crippen molar-refractivity contribution in [1.82, 2.24) is 4.98 Å². The molecule has 0 fully saturated rings. The summed E-state index contributed by atoms with van der Waals surface area (Å²) in [5.41, 5.74) is 2.70. The van der Waals surface area contributed by atoms with Gasteiger partial charge in [-0.15, -0.1) is 0 Å². The number of carbonyl (C=O) groups is 2. The van der Waals surface area contributed by atoms with Crippen LogP contribution in [0.5, 0.6) is 0 Å². The number of benzene rings is 1. The number of aromatic carboxylic acids is 2. The second kappa shape index (κ2) is 8.00. The van der Waals surface area contributed by atoms with E-state index in [1.807, 2.05) is 18.8 Å². The largest absolute Gasteiger partial charge is 0.478 e. The fraction of sp³-hybridized carbons (Fsp3) is 0.278. The number of carboxylic acid groups (broad SMARTS) is 2. The topological polar surface area (TPSA) is 143 Å². The van der Waals surface area contributed by atoms with Crippen molar-refractivity contribution in [2.75, 3.05) is 5.73 Å². The molecule has 1 heterocycles. The van der Waals surface area contributed by atoms with Gasteiger partial charge in [0.2, 0.25) is 0 Å². The highest BCUT2D eigenvalue weighted by Gasteiger charge is 2.27. The lowest BCUT2D eigenvalue weighted by Gasteiger charge is -2.14. The predicted octanol–water partition coefficient (Wildman–Crippen LogP) is 2.47. The molecule has 8 nitrogen and oxygen atoms in total. The Morgan fingerprint density at radius 3 is 2.41 bits per heavy atom. The van der Waals surface area contributed by atoms with Crippen LogP contribution in [-0.2, 0) is 11.3 Å². The zero-order valence-electron chi connectivity index (χ0n) is 14.7. The predicted molar refractivity (Wildman–Crippen MR) is 95.3 cm³/mol. The average Bonchev–Trinajstić information content (AvgIpc) is 2.58. The first-order valence-corrected chi connectivity index (χ1v) is 8.10. The Hall–Kier alpha value is -3.20. The Bertz CT molecular complexity index is 954. The van der Waals surface area contributed by atoms with Crippen molar-refractivity contribution >= 4 is 17.8 Å². The smallest absolute Gasteiger partial charge is 0.342 e. The van der Waals surface area contributed by atoms with Gasteiger partial charge in [0.15, 0.2) is 0 Å². The van der Waals surface area contributed by atoms with E-state index in [2.05, 4.69) is 0 Å². The van der Waals surface area contributed by atoms with E-state index in [4.69, 9.17) is 10.5 Å². The summed E-state index contributed by atoms with van der Waals surface area (Å²) in [6.45, 7) is 3.75. The third-order valence-electron chi connectivity index (χ3n) is 4.11. The van der Waals surface area contributed by atoms with Crippen molar-refractivity contribution in [2.45, 2.75) is 33.0 Å².